The lowest BCUT2D eigenvalue weighted by molar-refractivity contribution is -0.384. The summed E-state index contributed by atoms with van der Waals surface area (Å²) in [6, 6.07) is 8.83. The van der Waals surface area contributed by atoms with Crippen LogP contribution in [0.15, 0.2) is 47.9 Å². The number of nitro benzene ring substituents is 1. The van der Waals surface area contributed by atoms with E-state index in [1.54, 1.807) is 6.07 Å². The van der Waals surface area contributed by atoms with Crippen molar-refractivity contribution in [2.45, 2.75) is 0 Å². The zero-order valence-electron chi connectivity index (χ0n) is 12.5. The van der Waals surface area contributed by atoms with E-state index in [4.69, 9.17) is 10.5 Å². The monoisotopic (exact) mass is 325 g/mol. The van der Waals surface area contributed by atoms with Gasteiger partial charge in [-0.2, -0.15) is 0 Å². The summed E-state index contributed by atoms with van der Waals surface area (Å²) in [4.78, 5) is 39.3. The van der Waals surface area contributed by atoms with Gasteiger partial charge in [0.05, 0.1) is 28.9 Å². The molecule has 2 aromatic rings. The smallest absolute Gasteiger partial charge is 0.278 e. The third-order valence-electron chi connectivity index (χ3n) is 3.63. The predicted molar refractivity (Wildman–Crippen MR) is 83.2 cm³/mol. The molecule has 2 N–H and O–H groups in total. The number of aromatic nitrogens is 1. The lowest BCUT2D eigenvalue weighted by Crippen LogP contribution is -2.28. The van der Waals surface area contributed by atoms with Crippen LogP contribution in [0.2, 0.25) is 0 Å². The third-order valence-corrected chi connectivity index (χ3v) is 3.63. The van der Waals surface area contributed by atoms with Crippen LogP contribution in [0.25, 0.3) is 11.3 Å². The van der Waals surface area contributed by atoms with Crippen molar-refractivity contribution in [1.29, 1.82) is 0 Å². The summed E-state index contributed by atoms with van der Waals surface area (Å²) in [6.45, 7) is 0. The van der Waals surface area contributed by atoms with Crippen LogP contribution in [-0.4, -0.2) is 28.6 Å². The van der Waals surface area contributed by atoms with Gasteiger partial charge in [-0.3, -0.25) is 19.7 Å². The SMILES string of the molecule is COC1=C(N)C(=O)c2nc(-c3ccccc3[N+](=O)[O-])ccc2C1=O. The molecule has 0 radical (unpaired) electrons. The van der Waals surface area contributed by atoms with Gasteiger partial charge in [0.25, 0.3) is 5.69 Å². The average molecular weight is 325 g/mol. The topological polar surface area (TPSA) is 125 Å². The van der Waals surface area contributed by atoms with Crippen molar-refractivity contribution in [3.8, 4) is 11.3 Å². The number of nitrogens with zero attached hydrogens (tertiary/aromatic N) is 2. The Morgan fingerprint density at radius 2 is 1.79 bits per heavy atom. The molecule has 8 heteroatoms. The van der Waals surface area contributed by atoms with Gasteiger partial charge < -0.3 is 10.5 Å². The average Bonchev–Trinajstić information content (AvgIpc) is 2.60. The van der Waals surface area contributed by atoms with Crippen molar-refractivity contribution in [1.82, 2.24) is 4.98 Å². The van der Waals surface area contributed by atoms with Gasteiger partial charge in [0, 0.05) is 6.07 Å². The number of fused-ring (bicyclic) bond motifs is 1. The van der Waals surface area contributed by atoms with E-state index in [-0.39, 0.29) is 39.7 Å². The number of carbonyl (C=O) groups excluding carboxylic acids is 2. The Balaban J connectivity index is 2.19. The van der Waals surface area contributed by atoms with Crippen molar-refractivity contribution >= 4 is 17.3 Å². The number of pyridine rings is 1. The molecular formula is C16H11N3O5. The van der Waals surface area contributed by atoms with E-state index in [9.17, 15) is 19.7 Å². The number of ether oxygens (including phenoxy) is 1. The van der Waals surface area contributed by atoms with Crippen LogP contribution in [0.5, 0.6) is 0 Å². The zero-order valence-corrected chi connectivity index (χ0v) is 12.5. The Hall–Kier alpha value is -3.55. The molecular weight excluding hydrogens is 314 g/mol. The molecule has 0 fully saturated rings. The molecule has 3 rings (SSSR count). The van der Waals surface area contributed by atoms with Crippen LogP contribution in [-0.2, 0) is 4.74 Å². The second kappa shape index (κ2) is 5.58. The number of para-hydroxylation sites is 1. The number of ketones is 2. The molecule has 0 saturated heterocycles. The molecule has 24 heavy (non-hydrogen) atoms. The van der Waals surface area contributed by atoms with Crippen LogP contribution in [0, 0.1) is 10.1 Å². The number of rotatable bonds is 3. The summed E-state index contributed by atoms with van der Waals surface area (Å²) >= 11 is 0. The largest absolute Gasteiger partial charge is 0.491 e. The Morgan fingerprint density at radius 3 is 2.46 bits per heavy atom. The van der Waals surface area contributed by atoms with Gasteiger partial charge in [-0.1, -0.05) is 12.1 Å². The summed E-state index contributed by atoms with van der Waals surface area (Å²) in [6.07, 6.45) is 0. The number of hydrogen-bond acceptors (Lipinski definition) is 7. The summed E-state index contributed by atoms with van der Waals surface area (Å²) in [5.74, 6) is -1.43. The van der Waals surface area contributed by atoms with Crippen molar-refractivity contribution < 1.29 is 19.2 Å². The Labute approximate surface area is 135 Å². The number of allylic oxidation sites excluding steroid dienone is 2. The number of nitrogens with two attached hydrogens (primary N) is 1. The van der Waals surface area contributed by atoms with Crippen LogP contribution in [0.4, 0.5) is 5.69 Å². The molecule has 0 spiro atoms. The van der Waals surface area contributed by atoms with Gasteiger partial charge in [-0.05, 0) is 18.2 Å². The lowest BCUT2D eigenvalue weighted by Gasteiger charge is -2.17. The van der Waals surface area contributed by atoms with Crippen LogP contribution in [0.1, 0.15) is 20.8 Å². The molecule has 1 heterocycles. The first-order valence-corrected chi connectivity index (χ1v) is 6.83. The van der Waals surface area contributed by atoms with E-state index in [0.29, 0.717) is 0 Å². The molecule has 1 aliphatic carbocycles. The van der Waals surface area contributed by atoms with Gasteiger partial charge >= 0.3 is 0 Å². The minimum Gasteiger partial charge on any atom is -0.491 e. The maximum Gasteiger partial charge on any atom is 0.278 e. The first-order valence-electron chi connectivity index (χ1n) is 6.83. The molecule has 1 aromatic heterocycles. The van der Waals surface area contributed by atoms with E-state index in [1.165, 1.54) is 37.4 Å². The normalized spacial score (nSPS) is 13.7. The van der Waals surface area contributed by atoms with Gasteiger partial charge in [-0.15, -0.1) is 0 Å². The highest BCUT2D eigenvalue weighted by molar-refractivity contribution is 6.25. The maximum absolute atomic E-state index is 12.3. The minimum absolute atomic E-state index is 0.0494. The molecule has 8 nitrogen and oxygen atoms in total. The molecule has 0 unspecified atom stereocenters. The number of hydrogen-bond donors (Lipinski definition) is 1. The van der Waals surface area contributed by atoms with E-state index in [0.717, 1.165) is 0 Å². The number of methoxy groups -OCH3 is 1. The molecule has 0 atom stereocenters. The summed E-state index contributed by atoms with van der Waals surface area (Å²) < 4.78 is 4.88. The Morgan fingerprint density at radius 1 is 1.08 bits per heavy atom. The van der Waals surface area contributed by atoms with Crippen LogP contribution in [0.3, 0.4) is 0 Å². The molecule has 120 valence electrons. The summed E-state index contributed by atoms with van der Waals surface area (Å²) in [5.41, 5.74) is 5.51. The first kappa shape index (κ1) is 15.3. The molecule has 1 aliphatic rings. The summed E-state index contributed by atoms with van der Waals surface area (Å²) in [7, 11) is 1.24. The lowest BCUT2D eigenvalue weighted by atomic mass is 9.94. The number of nitro groups is 1. The zero-order chi connectivity index (χ0) is 17.4. The van der Waals surface area contributed by atoms with Gasteiger partial charge in [-0.25, -0.2) is 4.98 Å². The summed E-state index contributed by atoms with van der Waals surface area (Å²) in [5, 5.41) is 11.1. The number of carbonyl (C=O) groups is 2. The molecule has 1 aromatic carbocycles. The molecule has 0 aliphatic heterocycles. The third kappa shape index (κ3) is 2.21. The predicted octanol–water partition coefficient (Wildman–Crippen LogP) is 1.85. The van der Waals surface area contributed by atoms with Gasteiger partial charge in [0.2, 0.25) is 11.6 Å². The quantitative estimate of drug-likeness (QED) is 0.674. The van der Waals surface area contributed by atoms with Crippen LogP contribution < -0.4 is 5.73 Å². The molecule has 0 saturated carbocycles. The second-order valence-corrected chi connectivity index (χ2v) is 4.97. The van der Waals surface area contributed by atoms with Crippen molar-refractivity contribution in [2.75, 3.05) is 7.11 Å². The fourth-order valence-corrected chi connectivity index (χ4v) is 2.49. The van der Waals surface area contributed by atoms with Crippen molar-refractivity contribution in [3.63, 3.8) is 0 Å². The standard InChI is InChI=1S/C16H11N3O5/c1-24-16-12(17)15(21)13-9(14(16)20)6-7-10(18-13)8-4-2-3-5-11(8)19(22)23/h2-7H,17H2,1H3. The van der Waals surface area contributed by atoms with E-state index < -0.39 is 16.5 Å². The number of benzene rings is 1. The maximum atomic E-state index is 12.3. The van der Waals surface area contributed by atoms with Crippen molar-refractivity contribution in [2.24, 2.45) is 5.73 Å². The second-order valence-electron chi connectivity index (χ2n) is 4.97. The number of Topliss-reactive ketones (excluding diaryl/α,β-unsaturated/α-hetero) is 2. The fraction of sp³-hybridized carbons (Fsp3) is 0.0625. The fourth-order valence-electron chi connectivity index (χ4n) is 2.49. The Kier molecular flexibility index (Phi) is 3.57. The highest BCUT2D eigenvalue weighted by Crippen LogP contribution is 2.31. The first-order chi connectivity index (χ1) is 11.5. The van der Waals surface area contributed by atoms with E-state index in [1.807, 2.05) is 0 Å². The highest BCUT2D eigenvalue weighted by atomic mass is 16.6. The van der Waals surface area contributed by atoms with Gasteiger partial charge in [0.1, 0.15) is 11.4 Å². The molecule has 0 bridgehead atoms. The minimum atomic E-state index is -0.651. The van der Waals surface area contributed by atoms with Crippen LogP contribution >= 0.6 is 0 Å². The van der Waals surface area contributed by atoms with Gasteiger partial charge in [0.15, 0.2) is 5.76 Å². The highest BCUT2D eigenvalue weighted by Gasteiger charge is 2.33. The molecule has 0 amide bonds. The Bertz CT molecular complexity index is 933. The van der Waals surface area contributed by atoms with E-state index >= 15 is 0 Å². The van der Waals surface area contributed by atoms with Crippen molar-refractivity contribution in [3.05, 3.63) is 69.2 Å². The van der Waals surface area contributed by atoms with E-state index in [2.05, 4.69) is 4.98 Å².